The van der Waals surface area contributed by atoms with Crippen LogP contribution in [-0.2, 0) is 14.3 Å². The second-order valence-corrected chi connectivity index (χ2v) is 18.0. The van der Waals surface area contributed by atoms with E-state index in [9.17, 15) is 24.6 Å². The minimum absolute atomic E-state index is 0. The number of para-hydroxylation sites is 2. The Morgan fingerprint density at radius 3 is 1.74 bits per heavy atom. The predicted octanol–water partition coefficient (Wildman–Crippen LogP) is 5.29. The van der Waals surface area contributed by atoms with E-state index in [4.69, 9.17) is 58.1 Å². The molecule has 3 aliphatic heterocycles. The summed E-state index contributed by atoms with van der Waals surface area (Å²) in [7, 11) is 0. The molecule has 22 heteroatoms. The number of rotatable bonds is 17. The molecule has 3 fully saturated rings. The van der Waals surface area contributed by atoms with Gasteiger partial charge in [0.15, 0.2) is 21.4 Å². The molecule has 0 aromatic heterocycles. The van der Waals surface area contributed by atoms with Gasteiger partial charge in [0.05, 0.1) is 34.6 Å². The average Bonchev–Trinajstić information content (AvgIpc) is 3.88. The van der Waals surface area contributed by atoms with Crippen molar-refractivity contribution in [3.8, 4) is 11.5 Å². The molecule has 378 valence electrons. The van der Waals surface area contributed by atoms with Gasteiger partial charge in [-0.05, 0) is 97.6 Å². The number of anilines is 2. The number of amidine groups is 2. The van der Waals surface area contributed by atoms with Crippen molar-refractivity contribution in [2.75, 3.05) is 49.3 Å². The third-order valence-corrected chi connectivity index (χ3v) is 13.1. The molecular formula is C48H61Cl2N4NaO13S2. The number of hydrogen-bond acceptors (Lipinski definition) is 17. The zero-order chi connectivity index (χ0) is 48.1. The van der Waals surface area contributed by atoms with Crippen molar-refractivity contribution in [1.29, 1.82) is 0 Å². The van der Waals surface area contributed by atoms with Gasteiger partial charge in [-0.15, -0.1) is 0 Å². The second kappa shape index (κ2) is 30.4. The van der Waals surface area contributed by atoms with Gasteiger partial charge < -0.3 is 40.1 Å². The van der Waals surface area contributed by atoms with Crippen LogP contribution in [0.2, 0.25) is 10.0 Å². The molecule has 0 bridgehead atoms. The van der Waals surface area contributed by atoms with Crippen molar-refractivity contribution in [3.63, 3.8) is 0 Å². The number of ether oxygens (including phenoxy) is 3. The summed E-state index contributed by atoms with van der Waals surface area (Å²) in [6, 6.07) is 24.9. The molecule has 3 aliphatic rings. The summed E-state index contributed by atoms with van der Waals surface area (Å²) >= 11 is 15.1. The smallest absolute Gasteiger partial charge is 0.870 e. The summed E-state index contributed by atoms with van der Waals surface area (Å²) < 4.78 is 16.8. The van der Waals surface area contributed by atoms with Crippen molar-refractivity contribution >= 4 is 86.0 Å². The number of hydrogen-bond donors (Lipinski definition) is 6. The quantitative estimate of drug-likeness (QED) is 0.0196. The van der Waals surface area contributed by atoms with Crippen LogP contribution in [0.4, 0.5) is 11.4 Å². The van der Waals surface area contributed by atoms with Crippen LogP contribution in [0, 0.1) is 13.8 Å². The average molecular weight is 1060 g/mol. The van der Waals surface area contributed by atoms with Crippen LogP contribution in [0.3, 0.4) is 0 Å². The Kier molecular flexibility index (Phi) is 28.0. The second-order valence-electron chi connectivity index (χ2n) is 15.0. The van der Waals surface area contributed by atoms with Gasteiger partial charge in [0.1, 0.15) is 43.0 Å². The number of carbonyl (C=O) groups excluding carboxylic acids is 3. The molecule has 0 aliphatic carbocycles. The SMILES string of the molecule is C.C.CCCN=C1SC(C(=O)c2ccc(OC[C@H](O)CO)c(Cl)c2)C(=O)N1c1ccccc1C.CCCN=C1SC2(OC2c2ccc(OC[C@H](O)CO)c(Cl)c2)C(=O)N1c1ccccc1C.OO.[Na+].[OH-]. The molecule has 17 nitrogen and oxygen atoms in total. The number of thioether (sulfide) groups is 2. The molecule has 3 unspecified atom stereocenters. The number of carbonyl (C=O) groups is 3. The summed E-state index contributed by atoms with van der Waals surface area (Å²) in [5.74, 6) is -0.211. The first-order chi connectivity index (χ1) is 31.8. The number of aryl methyl sites for hydroxylation is 2. The van der Waals surface area contributed by atoms with Crippen LogP contribution >= 0.6 is 46.7 Å². The van der Waals surface area contributed by atoms with Gasteiger partial charge in [-0.25, -0.2) is 0 Å². The Labute approximate surface area is 449 Å². The summed E-state index contributed by atoms with van der Waals surface area (Å²) in [4.78, 5) is 51.4. The standard InChI is InChI=1S/2C23H25ClN2O5S.2CH4.Na.H2O2.H2O/c1-3-10-25-22-26(18-7-5-4-6-14(18)2)21(29)23(32-22)20(31-23)15-8-9-19(17(24)11-15)30-13-16(28)12-27;1-3-10-25-23-26(18-7-5-4-6-14(18)2)22(30)21(32-23)20(29)15-8-9-19(17(24)11-15)31-13-16(28)12-27;;;;1-2;/h4-9,11,16,20,27-28H,3,10,12-13H2,1-2H3;4-9,11,16,21,27-28H,3,10,12-13H2,1-2H3;2*1H4;;1-2H;1H2/q;;;;+1;;/p-1/t16-,20?,23?;16-,21?;;;;;/m11...../s1. The van der Waals surface area contributed by atoms with Crippen molar-refractivity contribution in [1.82, 2.24) is 0 Å². The Morgan fingerprint density at radius 2 is 1.26 bits per heavy atom. The zero-order valence-corrected chi connectivity index (χ0v) is 43.1. The number of amides is 2. The molecule has 70 heavy (non-hydrogen) atoms. The van der Waals surface area contributed by atoms with Crippen LogP contribution in [0.15, 0.2) is 94.9 Å². The molecule has 4 aromatic carbocycles. The molecule has 3 saturated heterocycles. The molecule has 5 atom stereocenters. The van der Waals surface area contributed by atoms with E-state index in [2.05, 4.69) is 9.98 Å². The van der Waals surface area contributed by atoms with E-state index in [1.165, 1.54) is 34.9 Å². The molecule has 1 spiro atoms. The van der Waals surface area contributed by atoms with Crippen molar-refractivity contribution < 1.29 is 94.6 Å². The maximum atomic E-state index is 13.6. The van der Waals surface area contributed by atoms with Crippen molar-refractivity contribution in [3.05, 3.63) is 117 Å². The molecule has 0 radical (unpaired) electrons. The van der Waals surface area contributed by atoms with Gasteiger partial charge in [-0.2, -0.15) is 0 Å². The molecule has 2 amide bonds. The van der Waals surface area contributed by atoms with Gasteiger partial charge in [-0.1, -0.05) is 106 Å². The van der Waals surface area contributed by atoms with Gasteiger partial charge in [0.2, 0.25) is 4.93 Å². The number of aliphatic hydroxyl groups excluding tert-OH is 4. The van der Waals surface area contributed by atoms with E-state index in [0.29, 0.717) is 39.9 Å². The van der Waals surface area contributed by atoms with E-state index in [0.717, 1.165) is 47.0 Å². The maximum Gasteiger partial charge on any atom is 1.00 e. The molecular weight excluding hydrogens is 999 g/mol. The first kappa shape index (κ1) is 64.4. The largest absolute Gasteiger partial charge is 1.00 e. The van der Waals surface area contributed by atoms with E-state index in [1.807, 2.05) is 76.2 Å². The van der Waals surface area contributed by atoms with Gasteiger partial charge in [0.25, 0.3) is 11.8 Å². The number of epoxide rings is 1. The summed E-state index contributed by atoms with van der Waals surface area (Å²) in [6.45, 7) is 8.05. The van der Waals surface area contributed by atoms with E-state index in [1.54, 1.807) is 23.1 Å². The number of nitrogens with zero attached hydrogens (tertiary/aromatic N) is 4. The van der Waals surface area contributed by atoms with Crippen molar-refractivity contribution in [2.24, 2.45) is 9.98 Å². The topological polar surface area (TPSA) is 265 Å². The van der Waals surface area contributed by atoms with Crippen LogP contribution in [-0.4, -0.2) is 126 Å². The van der Waals surface area contributed by atoms with Gasteiger partial charge in [0, 0.05) is 18.7 Å². The normalized spacial score (nSPS) is 19.6. The van der Waals surface area contributed by atoms with Crippen LogP contribution in [0.5, 0.6) is 11.5 Å². The Balaban J connectivity index is 0.000000641. The van der Waals surface area contributed by atoms with Gasteiger partial charge in [-0.3, -0.25) is 44.7 Å². The first-order valence-corrected chi connectivity index (χ1v) is 23.3. The Hall–Kier alpha value is -3.61. The van der Waals surface area contributed by atoms with Crippen LogP contribution in [0.25, 0.3) is 0 Å². The predicted molar refractivity (Wildman–Crippen MR) is 273 cm³/mol. The minimum Gasteiger partial charge on any atom is -0.870 e. The fourth-order valence-corrected chi connectivity index (χ4v) is 9.47. The Bertz CT molecular complexity index is 2420. The summed E-state index contributed by atoms with van der Waals surface area (Å²) in [5.41, 5.74) is 4.43. The fourth-order valence-electron chi connectivity index (χ4n) is 6.61. The Morgan fingerprint density at radius 1 is 0.771 bits per heavy atom. The van der Waals surface area contributed by atoms with Crippen molar-refractivity contribution in [2.45, 2.75) is 83.9 Å². The molecule has 7 N–H and O–H groups in total. The van der Waals surface area contributed by atoms with Crippen LogP contribution in [0.1, 0.15) is 74.7 Å². The van der Waals surface area contributed by atoms with Crippen LogP contribution < -0.4 is 48.8 Å². The van der Waals surface area contributed by atoms with E-state index in [-0.39, 0.29) is 97.0 Å². The third kappa shape index (κ3) is 15.2. The summed E-state index contributed by atoms with van der Waals surface area (Å²) in [6.07, 6.45) is -0.787. The first-order valence-electron chi connectivity index (χ1n) is 20.9. The number of benzene rings is 4. The number of halogens is 2. The monoisotopic (exact) mass is 1060 g/mol. The fraction of sp³-hybridized carbons (Fsp3) is 0.396. The number of ketones is 1. The van der Waals surface area contributed by atoms with Gasteiger partial charge >= 0.3 is 29.6 Å². The molecule has 7 rings (SSSR count). The molecule has 0 saturated carbocycles. The van der Waals surface area contributed by atoms with E-state index >= 15 is 0 Å². The number of Topliss-reactive ketones (excluding diaryl/α,β-unsaturated/α-hetero) is 1. The zero-order valence-electron chi connectivity index (χ0n) is 38.0. The molecule has 3 heterocycles. The van der Waals surface area contributed by atoms with E-state index < -0.39 is 41.7 Å². The minimum atomic E-state index is -1.06. The third-order valence-electron chi connectivity index (χ3n) is 10.0. The maximum absolute atomic E-state index is 13.6. The molecule has 4 aromatic rings. The number of aliphatic imine (C=N–C) groups is 2. The number of aliphatic hydroxyl groups is 4. The summed E-state index contributed by atoms with van der Waals surface area (Å²) in [5, 5.41) is 49.4.